The quantitative estimate of drug-likeness (QED) is 0.856. The number of aromatic nitrogens is 3. The van der Waals surface area contributed by atoms with Gasteiger partial charge in [0.15, 0.2) is 11.0 Å². The number of thioether (sulfide) groups is 1. The van der Waals surface area contributed by atoms with E-state index in [2.05, 4.69) is 26.2 Å². The molecule has 0 N–H and O–H groups in total. The zero-order valence-electron chi connectivity index (χ0n) is 11.7. The standard InChI is InChI=1S/C15H17N3OS2/c19-11-4-1-2-5-12(11)21-15-17-16-14(13-6-3-9-20-13)18(15)10-7-8-10/h3,6,9-10,12H,1-2,4-5,7-8H2/t12-/m0/s1. The third-order valence-corrected chi connectivity index (χ3v) is 6.20. The van der Waals surface area contributed by atoms with Crippen LogP contribution in [0.3, 0.4) is 0 Å². The average molecular weight is 319 g/mol. The molecule has 0 amide bonds. The maximum atomic E-state index is 12.1. The molecule has 2 heterocycles. The minimum atomic E-state index is 0.0802. The first-order valence-corrected chi connectivity index (χ1v) is 9.27. The summed E-state index contributed by atoms with van der Waals surface area (Å²) in [4.78, 5) is 13.2. The fourth-order valence-corrected chi connectivity index (χ4v) is 4.73. The van der Waals surface area contributed by atoms with Crippen LogP contribution in [0.15, 0.2) is 22.7 Å². The second-order valence-corrected chi connectivity index (χ2v) is 7.82. The van der Waals surface area contributed by atoms with Gasteiger partial charge in [-0.15, -0.1) is 21.5 Å². The minimum Gasteiger partial charge on any atom is -0.298 e. The zero-order chi connectivity index (χ0) is 14.2. The Morgan fingerprint density at radius 1 is 1.24 bits per heavy atom. The summed E-state index contributed by atoms with van der Waals surface area (Å²) < 4.78 is 2.26. The molecule has 4 rings (SSSR count). The van der Waals surface area contributed by atoms with Crippen LogP contribution < -0.4 is 0 Å². The number of hydrogen-bond acceptors (Lipinski definition) is 5. The van der Waals surface area contributed by atoms with Gasteiger partial charge >= 0.3 is 0 Å². The number of thiophene rings is 1. The van der Waals surface area contributed by atoms with Crippen LogP contribution in [-0.4, -0.2) is 25.8 Å². The third-order valence-electron chi connectivity index (χ3n) is 4.06. The molecule has 0 saturated heterocycles. The van der Waals surface area contributed by atoms with Gasteiger partial charge in [0.1, 0.15) is 5.78 Å². The van der Waals surface area contributed by atoms with Crippen LogP contribution in [-0.2, 0) is 4.79 Å². The number of nitrogens with zero attached hydrogens (tertiary/aromatic N) is 3. The average Bonchev–Trinajstić information content (AvgIpc) is 3.02. The van der Waals surface area contributed by atoms with E-state index in [0.29, 0.717) is 11.8 Å². The second-order valence-electron chi connectivity index (χ2n) is 5.70. The molecule has 2 aromatic rings. The summed E-state index contributed by atoms with van der Waals surface area (Å²) in [5.74, 6) is 1.35. The first kappa shape index (κ1) is 13.5. The summed E-state index contributed by atoms with van der Waals surface area (Å²) in [5, 5.41) is 11.9. The predicted molar refractivity (Wildman–Crippen MR) is 84.7 cm³/mol. The topological polar surface area (TPSA) is 47.8 Å². The highest BCUT2D eigenvalue weighted by Gasteiger charge is 2.33. The number of hydrogen-bond donors (Lipinski definition) is 0. The number of ketones is 1. The highest BCUT2D eigenvalue weighted by Crippen LogP contribution is 2.43. The molecule has 110 valence electrons. The normalized spacial score (nSPS) is 22.7. The van der Waals surface area contributed by atoms with E-state index in [1.165, 1.54) is 12.8 Å². The Morgan fingerprint density at radius 3 is 2.86 bits per heavy atom. The second kappa shape index (κ2) is 5.57. The van der Waals surface area contributed by atoms with Gasteiger partial charge in [-0.25, -0.2) is 0 Å². The first-order chi connectivity index (χ1) is 10.3. The molecule has 2 aromatic heterocycles. The summed E-state index contributed by atoms with van der Waals surface area (Å²) in [6, 6.07) is 4.66. The molecule has 2 saturated carbocycles. The Morgan fingerprint density at radius 2 is 2.14 bits per heavy atom. The van der Waals surface area contributed by atoms with Gasteiger partial charge < -0.3 is 0 Å². The first-order valence-electron chi connectivity index (χ1n) is 7.51. The van der Waals surface area contributed by atoms with Gasteiger partial charge in [-0.05, 0) is 37.1 Å². The van der Waals surface area contributed by atoms with E-state index >= 15 is 0 Å². The lowest BCUT2D eigenvalue weighted by Gasteiger charge is -2.19. The van der Waals surface area contributed by atoms with E-state index < -0.39 is 0 Å². The zero-order valence-corrected chi connectivity index (χ0v) is 13.3. The molecular formula is C15H17N3OS2. The number of carbonyl (C=O) groups is 1. The van der Waals surface area contributed by atoms with Crippen molar-refractivity contribution in [2.45, 2.75) is 55.0 Å². The van der Waals surface area contributed by atoms with E-state index in [0.717, 1.165) is 41.5 Å². The molecule has 1 atom stereocenters. The van der Waals surface area contributed by atoms with Crippen molar-refractivity contribution in [3.05, 3.63) is 17.5 Å². The van der Waals surface area contributed by atoms with Gasteiger partial charge in [0.2, 0.25) is 0 Å². The van der Waals surface area contributed by atoms with E-state index in [1.54, 1.807) is 23.1 Å². The largest absolute Gasteiger partial charge is 0.298 e. The molecule has 0 bridgehead atoms. The molecule has 6 heteroatoms. The summed E-state index contributed by atoms with van der Waals surface area (Å²) in [6.07, 6.45) is 6.30. The Labute approximate surface area is 132 Å². The van der Waals surface area contributed by atoms with Crippen molar-refractivity contribution in [1.82, 2.24) is 14.8 Å². The number of carbonyl (C=O) groups excluding carboxylic acids is 1. The fraction of sp³-hybridized carbons (Fsp3) is 0.533. The molecule has 0 aliphatic heterocycles. The molecule has 0 radical (unpaired) electrons. The van der Waals surface area contributed by atoms with Crippen molar-refractivity contribution in [3.8, 4) is 10.7 Å². The van der Waals surface area contributed by atoms with E-state index in [-0.39, 0.29) is 5.25 Å². The van der Waals surface area contributed by atoms with Gasteiger partial charge in [-0.2, -0.15) is 0 Å². The van der Waals surface area contributed by atoms with Crippen molar-refractivity contribution in [3.63, 3.8) is 0 Å². The van der Waals surface area contributed by atoms with Crippen molar-refractivity contribution in [2.75, 3.05) is 0 Å². The predicted octanol–water partition coefficient (Wildman–Crippen LogP) is 3.95. The molecule has 0 aromatic carbocycles. The van der Waals surface area contributed by atoms with Crippen LogP contribution >= 0.6 is 23.1 Å². The highest BCUT2D eigenvalue weighted by molar-refractivity contribution is 8.00. The number of Topliss-reactive ketones (excluding diaryl/α,β-unsaturated/α-hetero) is 1. The lowest BCUT2D eigenvalue weighted by Crippen LogP contribution is -2.21. The molecule has 4 nitrogen and oxygen atoms in total. The maximum Gasteiger partial charge on any atom is 0.192 e. The molecular weight excluding hydrogens is 302 g/mol. The van der Waals surface area contributed by atoms with Crippen molar-refractivity contribution in [2.24, 2.45) is 0 Å². The van der Waals surface area contributed by atoms with Crippen molar-refractivity contribution in [1.29, 1.82) is 0 Å². The molecule has 0 unspecified atom stereocenters. The minimum absolute atomic E-state index is 0.0802. The van der Waals surface area contributed by atoms with E-state index in [1.807, 2.05) is 6.07 Å². The summed E-state index contributed by atoms with van der Waals surface area (Å²) in [6.45, 7) is 0. The van der Waals surface area contributed by atoms with Gasteiger partial charge in [-0.3, -0.25) is 9.36 Å². The summed E-state index contributed by atoms with van der Waals surface area (Å²) in [7, 11) is 0. The van der Waals surface area contributed by atoms with Crippen LogP contribution in [0.5, 0.6) is 0 Å². The monoisotopic (exact) mass is 319 g/mol. The van der Waals surface area contributed by atoms with Crippen molar-refractivity contribution < 1.29 is 4.79 Å². The molecule has 0 spiro atoms. The lowest BCUT2D eigenvalue weighted by atomic mass is 9.99. The van der Waals surface area contributed by atoms with Crippen LogP contribution in [0.25, 0.3) is 10.7 Å². The number of rotatable bonds is 4. The molecule has 2 fully saturated rings. The highest BCUT2D eigenvalue weighted by atomic mass is 32.2. The SMILES string of the molecule is O=C1CCCC[C@@H]1Sc1nnc(-c2cccs2)n1C1CC1. The summed E-state index contributed by atoms with van der Waals surface area (Å²) >= 11 is 3.33. The van der Waals surface area contributed by atoms with Gasteiger partial charge in [0.25, 0.3) is 0 Å². The van der Waals surface area contributed by atoms with Crippen LogP contribution in [0.1, 0.15) is 44.6 Å². The van der Waals surface area contributed by atoms with Crippen molar-refractivity contribution >= 4 is 28.9 Å². The Hall–Kier alpha value is -1.14. The van der Waals surface area contributed by atoms with E-state index in [9.17, 15) is 4.79 Å². The van der Waals surface area contributed by atoms with Gasteiger partial charge in [0.05, 0.1) is 10.1 Å². The molecule has 2 aliphatic carbocycles. The Kier molecular flexibility index (Phi) is 3.59. The third kappa shape index (κ3) is 2.66. The Balaban J connectivity index is 1.64. The van der Waals surface area contributed by atoms with E-state index in [4.69, 9.17) is 0 Å². The van der Waals surface area contributed by atoms with Crippen LogP contribution in [0.4, 0.5) is 0 Å². The summed E-state index contributed by atoms with van der Waals surface area (Å²) in [5.41, 5.74) is 0. The molecule has 2 aliphatic rings. The van der Waals surface area contributed by atoms with Crippen LogP contribution in [0.2, 0.25) is 0 Å². The van der Waals surface area contributed by atoms with Gasteiger partial charge in [0, 0.05) is 12.5 Å². The maximum absolute atomic E-state index is 12.1. The smallest absolute Gasteiger partial charge is 0.192 e. The van der Waals surface area contributed by atoms with Gasteiger partial charge in [-0.1, -0.05) is 24.2 Å². The Bertz CT molecular complexity index is 646. The lowest BCUT2D eigenvalue weighted by molar-refractivity contribution is -0.119. The molecule has 21 heavy (non-hydrogen) atoms. The fourth-order valence-electron chi connectivity index (χ4n) is 2.80. The van der Waals surface area contributed by atoms with Crippen LogP contribution in [0, 0.1) is 0 Å².